The molecule has 1 heterocycles. The number of amides is 1. The van der Waals surface area contributed by atoms with Gasteiger partial charge in [0.15, 0.2) is 0 Å². The summed E-state index contributed by atoms with van der Waals surface area (Å²) in [4.78, 5) is 13.3. The molecule has 2 rings (SSSR count). The smallest absolute Gasteiger partial charge is 0.338 e. The minimum absolute atomic E-state index is 0.00568. The van der Waals surface area contributed by atoms with Gasteiger partial charge in [-0.15, -0.1) is 0 Å². The fourth-order valence-electron chi connectivity index (χ4n) is 2.29. The largest absolute Gasteiger partial charge is 0.393 e. The van der Waals surface area contributed by atoms with E-state index in [0.29, 0.717) is 0 Å². The molecule has 1 aliphatic heterocycles. The minimum atomic E-state index is -4.33. The van der Waals surface area contributed by atoms with Crippen LogP contribution in [0.25, 0.3) is 0 Å². The van der Waals surface area contributed by atoms with E-state index < -0.39 is 30.4 Å². The van der Waals surface area contributed by atoms with Crippen LogP contribution in [-0.2, 0) is 0 Å². The molecule has 0 saturated carbocycles. The van der Waals surface area contributed by atoms with Crippen molar-refractivity contribution < 1.29 is 22.4 Å². The third kappa shape index (κ3) is 3.13. The van der Waals surface area contributed by atoms with Crippen LogP contribution in [0.15, 0.2) is 22.7 Å². The molecule has 1 aromatic carbocycles. The Morgan fingerprint density at radius 1 is 1.35 bits per heavy atom. The number of hydrogen-bond donors (Lipinski definition) is 0. The molecule has 1 amide bonds. The Kier molecular flexibility index (Phi) is 4.36. The molecule has 0 spiro atoms. The standard InChI is InChI=1S/C13H12BrF4NO/c14-9-4-1-5-10(15)11(9)12(20)19-6-2-3-8(7-19)13(16,17)18/h1,4-5,8H,2-3,6-7H2. The molecule has 1 saturated heterocycles. The van der Waals surface area contributed by atoms with E-state index >= 15 is 0 Å². The summed E-state index contributed by atoms with van der Waals surface area (Å²) in [7, 11) is 0. The van der Waals surface area contributed by atoms with Crippen molar-refractivity contribution in [3.05, 3.63) is 34.1 Å². The maximum atomic E-state index is 13.7. The first-order valence-corrected chi connectivity index (χ1v) is 6.90. The molecular weight excluding hydrogens is 342 g/mol. The van der Waals surface area contributed by atoms with Crippen molar-refractivity contribution in [2.24, 2.45) is 5.92 Å². The SMILES string of the molecule is O=C(c1c(F)cccc1Br)N1CCCC(C(F)(F)F)C1. The van der Waals surface area contributed by atoms with Crippen LogP contribution in [0.3, 0.4) is 0 Å². The summed E-state index contributed by atoms with van der Waals surface area (Å²) in [6.45, 7) is -0.199. The van der Waals surface area contributed by atoms with E-state index in [2.05, 4.69) is 15.9 Å². The predicted molar refractivity (Wildman–Crippen MR) is 68.8 cm³/mol. The maximum Gasteiger partial charge on any atom is 0.393 e. The van der Waals surface area contributed by atoms with Crippen molar-refractivity contribution in [2.75, 3.05) is 13.1 Å². The van der Waals surface area contributed by atoms with Gasteiger partial charge in [-0.3, -0.25) is 4.79 Å². The Labute approximate surface area is 121 Å². The Balaban J connectivity index is 2.21. The summed E-state index contributed by atoms with van der Waals surface area (Å²) < 4.78 is 52.1. The minimum Gasteiger partial charge on any atom is -0.338 e. The summed E-state index contributed by atoms with van der Waals surface area (Å²) in [6, 6.07) is 4.02. The highest BCUT2D eigenvalue weighted by Gasteiger charge is 2.43. The quantitative estimate of drug-likeness (QED) is 0.698. The van der Waals surface area contributed by atoms with E-state index in [1.54, 1.807) is 0 Å². The van der Waals surface area contributed by atoms with E-state index in [1.165, 1.54) is 12.1 Å². The Morgan fingerprint density at radius 3 is 2.65 bits per heavy atom. The monoisotopic (exact) mass is 353 g/mol. The van der Waals surface area contributed by atoms with Gasteiger partial charge in [0, 0.05) is 17.6 Å². The summed E-state index contributed by atoms with van der Waals surface area (Å²) in [5, 5.41) is 0. The molecule has 0 aromatic heterocycles. The van der Waals surface area contributed by atoms with E-state index in [0.717, 1.165) is 11.0 Å². The van der Waals surface area contributed by atoms with Gasteiger partial charge in [0.1, 0.15) is 5.82 Å². The van der Waals surface area contributed by atoms with Gasteiger partial charge in [0.25, 0.3) is 5.91 Å². The van der Waals surface area contributed by atoms with E-state index in [-0.39, 0.29) is 29.4 Å². The van der Waals surface area contributed by atoms with Crippen molar-refractivity contribution in [3.8, 4) is 0 Å². The van der Waals surface area contributed by atoms with Crippen LogP contribution in [0.4, 0.5) is 17.6 Å². The zero-order valence-electron chi connectivity index (χ0n) is 10.4. The second-order valence-electron chi connectivity index (χ2n) is 4.73. The van der Waals surface area contributed by atoms with Crippen LogP contribution < -0.4 is 0 Å². The van der Waals surface area contributed by atoms with Gasteiger partial charge in [-0.2, -0.15) is 13.2 Å². The van der Waals surface area contributed by atoms with Gasteiger partial charge < -0.3 is 4.90 Å². The molecule has 1 unspecified atom stereocenters. The van der Waals surface area contributed by atoms with E-state index in [1.807, 2.05) is 0 Å². The lowest BCUT2D eigenvalue weighted by molar-refractivity contribution is -0.184. The first-order valence-electron chi connectivity index (χ1n) is 6.10. The molecule has 2 nitrogen and oxygen atoms in total. The average molecular weight is 354 g/mol. The fourth-order valence-corrected chi connectivity index (χ4v) is 2.80. The predicted octanol–water partition coefficient (Wildman–Crippen LogP) is 4.00. The molecule has 0 radical (unpaired) electrons. The van der Waals surface area contributed by atoms with Gasteiger partial charge >= 0.3 is 6.18 Å². The molecule has 20 heavy (non-hydrogen) atoms. The zero-order valence-corrected chi connectivity index (χ0v) is 12.0. The number of benzene rings is 1. The van der Waals surface area contributed by atoms with E-state index in [4.69, 9.17) is 0 Å². The van der Waals surface area contributed by atoms with Crippen molar-refractivity contribution in [1.82, 2.24) is 4.90 Å². The average Bonchev–Trinajstić information content (AvgIpc) is 2.37. The van der Waals surface area contributed by atoms with Crippen molar-refractivity contribution in [1.29, 1.82) is 0 Å². The van der Waals surface area contributed by atoms with Gasteiger partial charge in [-0.05, 0) is 40.9 Å². The van der Waals surface area contributed by atoms with Crippen molar-refractivity contribution >= 4 is 21.8 Å². The lowest BCUT2D eigenvalue weighted by Crippen LogP contribution is -2.44. The number of halogens is 5. The highest BCUT2D eigenvalue weighted by molar-refractivity contribution is 9.10. The number of piperidine rings is 1. The first-order chi connectivity index (χ1) is 9.30. The topological polar surface area (TPSA) is 20.3 Å². The maximum absolute atomic E-state index is 13.7. The summed E-state index contributed by atoms with van der Waals surface area (Å²) in [6.07, 6.45) is -4.06. The van der Waals surface area contributed by atoms with Gasteiger partial charge in [-0.1, -0.05) is 6.07 Å². The molecule has 1 aromatic rings. The Hall–Kier alpha value is -1.11. The fraction of sp³-hybridized carbons (Fsp3) is 0.462. The van der Waals surface area contributed by atoms with E-state index in [9.17, 15) is 22.4 Å². The normalized spacial score (nSPS) is 20.1. The number of rotatable bonds is 1. The van der Waals surface area contributed by atoms with Crippen LogP contribution in [0.1, 0.15) is 23.2 Å². The van der Waals surface area contributed by atoms with Crippen LogP contribution in [0.5, 0.6) is 0 Å². The molecular formula is C13H12BrF4NO. The van der Waals surface area contributed by atoms with Crippen LogP contribution in [0.2, 0.25) is 0 Å². The number of hydrogen-bond acceptors (Lipinski definition) is 1. The van der Waals surface area contributed by atoms with Crippen LogP contribution in [0, 0.1) is 11.7 Å². The second-order valence-corrected chi connectivity index (χ2v) is 5.58. The summed E-state index contributed by atoms with van der Waals surface area (Å²) in [5.41, 5.74) is -0.213. The Morgan fingerprint density at radius 2 is 2.05 bits per heavy atom. The third-order valence-corrected chi connectivity index (χ3v) is 4.01. The molecule has 7 heteroatoms. The number of carbonyl (C=O) groups excluding carboxylic acids is 1. The molecule has 0 bridgehead atoms. The first kappa shape index (κ1) is 15.3. The number of nitrogens with zero attached hydrogens (tertiary/aromatic N) is 1. The number of likely N-dealkylation sites (tertiary alicyclic amines) is 1. The van der Waals surface area contributed by atoms with Gasteiger partial charge in [0.05, 0.1) is 11.5 Å². The van der Waals surface area contributed by atoms with Crippen LogP contribution >= 0.6 is 15.9 Å². The molecule has 110 valence electrons. The van der Waals surface area contributed by atoms with Gasteiger partial charge in [0.2, 0.25) is 0 Å². The lowest BCUT2D eigenvalue weighted by Gasteiger charge is -2.34. The highest BCUT2D eigenvalue weighted by Crippen LogP contribution is 2.34. The molecule has 1 fully saturated rings. The number of alkyl halides is 3. The summed E-state index contributed by atoms with van der Waals surface area (Å²) in [5.74, 6) is -2.98. The molecule has 0 N–H and O–H groups in total. The Bertz CT molecular complexity index is 497. The lowest BCUT2D eigenvalue weighted by atomic mass is 9.97. The third-order valence-electron chi connectivity index (χ3n) is 3.35. The zero-order chi connectivity index (χ0) is 14.9. The molecule has 0 aliphatic carbocycles. The van der Waals surface area contributed by atoms with Crippen LogP contribution in [-0.4, -0.2) is 30.1 Å². The second kappa shape index (κ2) is 5.71. The van der Waals surface area contributed by atoms with Crippen molar-refractivity contribution in [2.45, 2.75) is 19.0 Å². The van der Waals surface area contributed by atoms with Crippen molar-refractivity contribution in [3.63, 3.8) is 0 Å². The van der Waals surface area contributed by atoms with Gasteiger partial charge in [-0.25, -0.2) is 4.39 Å². The molecule has 1 aliphatic rings. The number of carbonyl (C=O) groups is 1. The highest BCUT2D eigenvalue weighted by atomic mass is 79.9. The summed E-state index contributed by atoms with van der Waals surface area (Å²) >= 11 is 3.06. The molecule has 1 atom stereocenters.